The van der Waals surface area contributed by atoms with Crippen molar-refractivity contribution >= 4 is 53.2 Å². The molecule has 21 heteroatoms. The van der Waals surface area contributed by atoms with Gasteiger partial charge >= 0.3 is 35.8 Å². The molecule has 0 bridgehead atoms. The van der Waals surface area contributed by atoms with Crippen LogP contribution in [0.4, 0.5) is 0 Å². The lowest BCUT2D eigenvalue weighted by Gasteiger charge is -2.61. The number of carbonyl (C=O) groups excluding carboxylic acids is 9. The van der Waals surface area contributed by atoms with E-state index in [1.54, 1.807) is 55.8 Å². The third-order valence-corrected chi connectivity index (χ3v) is 24.7. The van der Waals surface area contributed by atoms with Gasteiger partial charge in [0.15, 0.2) is 17.3 Å². The van der Waals surface area contributed by atoms with Crippen molar-refractivity contribution in [3.63, 3.8) is 0 Å². The predicted molar refractivity (Wildman–Crippen MR) is 340 cm³/mol. The van der Waals surface area contributed by atoms with Crippen molar-refractivity contribution in [2.45, 2.75) is 182 Å². The van der Waals surface area contributed by atoms with Crippen molar-refractivity contribution in [2.24, 2.45) is 85.8 Å². The lowest BCUT2D eigenvalue weighted by molar-refractivity contribution is -0.211. The Labute approximate surface area is 560 Å². The van der Waals surface area contributed by atoms with E-state index >= 15 is 0 Å². The number of rotatable bonds is 14. The van der Waals surface area contributed by atoms with Crippen molar-refractivity contribution in [1.29, 1.82) is 0 Å². The lowest BCUT2D eigenvalue weighted by atomic mass is 9.43. The second-order valence-electron chi connectivity index (χ2n) is 29.9. The molecular weight excluding hydrogens is 1240 g/mol. The van der Waals surface area contributed by atoms with Gasteiger partial charge in [-0.2, -0.15) is 0 Å². The molecule has 0 radical (unpaired) electrons. The van der Waals surface area contributed by atoms with Gasteiger partial charge in [-0.25, -0.2) is 0 Å². The van der Waals surface area contributed by atoms with Gasteiger partial charge in [0.25, 0.3) is 0 Å². The van der Waals surface area contributed by atoms with Crippen LogP contribution in [0.25, 0.3) is 0 Å². The highest BCUT2D eigenvalue weighted by Crippen LogP contribution is 2.69. The summed E-state index contributed by atoms with van der Waals surface area (Å²) in [7, 11) is 4.16. The van der Waals surface area contributed by atoms with Crippen molar-refractivity contribution in [3.05, 3.63) is 108 Å². The molecule has 3 unspecified atom stereocenters. The number of fused-ring (bicyclic) bond motifs is 9. The summed E-state index contributed by atoms with van der Waals surface area (Å²) in [4.78, 5) is 120. The van der Waals surface area contributed by atoms with Gasteiger partial charge in [-0.05, 0) is 147 Å². The fraction of sp³-hybridized carbons (Fsp3) is 0.640. The first-order valence-electron chi connectivity index (χ1n) is 34.2. The molecule has 3 saturated heterocycles. The Morgan fingerprint density at radius 3 is 1.08 bits per heavy atom. The number of benzene rings is 1. The number of Topliss-reactive ketones (excluding diaryl/α,β-unsaturated/α-hetero) is 3. The Morgan fingerprint density at radius 2 is 0.781 bits per heavy atom. The maximum atomic E-state index is 14.2. The SMILES string of the molecule is CCCO[C@H]1C[C@@H](C(=O)OC)[C@]2(C)CC[C@H]3C(=O)O[C@H](c4ccoc4)C[C@]3(C)C2C1=O.CCO[C@@H]1C[C@@H](C(=O)OC)[C@]2(C)CC[C@H]3C(=O)O[C@H](c4ccoc4)C[C@]3(C)C2C1=O.COC(=O)[C@@H]1C[C@H](OCc2ccccc2)C(=O)C2[C@@]1(C)CC[C@H]1C(=O)O[C@H](c3ccoc3)C[C@]21C. The standard InChI is InChI=1S/C28H32O7.C24H32O7.C23H30O7/c1-27-11-9-19-26(31)35-22(18-10-12-33-16-18)14-28(19,2)24(27)23(29)21(13-20(27)25(30)32-3)34-15-17-7-5-4-6-8-17;1-5-9-30-17-11-16(21(26)28-4)23(2)8-6-15-22(27)31-18(14-7-10-29-13-14)12-24(15,3)20(23)19(17)25;1-5-29-16-10-15(20(25)27-4)22(2)8-6-14-21(26)30-17(13-7-9-28-12-13)11-23(14,3)19(22)18(16)24/h4-8,10,12,16,19-22,24H,9,11,13-15H2,1-3H3;7,10,13,15-18,20H,5-6,8-9,11-12H2,1-4H3;7,9,12,14-17,19H,5-6,8,10-11H2,1-4H3/t19-,20-,21-,22-,24?,27-,28-;15-,16-,17-,18-,20?,23-,24-;14-,15-,16+,17-,19?,22-,23-/m000/s1. The third kappa shape index (κ3) is 12.2. The number of ether oxygens (including phenoxy) is 9. The van der Waals surface area contributed by atoms with Crippen LogP contribution in [0.3, 0.4) is 0 Å². The first-order chi connectivity index (χ1) is 45.8. The summed E-state index contributed by atoms with van der Waals surface area (Å²) in [6.45, 7) is 17.0. The van der Waals surface area contributed by atoms with Crippen LogP contribution < -0.4 is 0 Å². The number of methoxy groups -OCH3 is 3. The smallest absolute Gasteiger partial charge is 0.310 e. The van der Waals surface area contributed by atoms with Crippen molar-refractivity contribution < 1.29 is 99.0 Å². The quantitative estimate of drug-likeness (QED) is 0.0837. The minimum Gasteiger partial charge on any atom is -0.472 e. The molecule has 3 aromatic heterocycles. The highest BCUT2D eigenvalue weighted by molar-refractivity contribution is 5.94. The van der Waals surface area contributed by atoms with Crippen molar-refractivity contribution in [2.75, 3.05) is 34.5 Å². The minimum absolute atomic E-state index is 0.00365. The fourth-order valence-electron chi connectivity index (χ4n) is 20.2. The van der Waals surface area contributed by atoms with Crippen LogP contribution in [0, 0.1) is 85.8 Å². The molecule has 6 heterocycles. The molecule has 0 N–H and O–H groups in total. The number of carbonyl (C=O) groups is 9. The van der Waals surface area contributed by atoms with Crippen LogP contribution in [0.15, 0.2) is 99.4 Å². The largest absolute Gasteiger partial charge is 0.472 e. The van der Waals surface area contributed by atoms with E-state index in [2.05, 4.69) is 0 Å². The van der Waals surface area contributed by atoms with Crippen LogP contribution >= 0.6 is 0 Å². The fourth-order valence-corrected chi connectivity index (χ4v) is 20.2. The Hall–Kier alpha value is -7.23. The molecule has 6 aliphatic carbocycles. The highest BCUT2D eigenvalue weighted by Gasteiger charge is 2.71. The van der Waals surface area contributed by atoms with E-state index in [9.17, 15) is 43.2 Å². The maximum absolute atomic E-state index is 14.2. The molecule has 9 aliphatic rings. The Bertz CT molecular complexity index is 3490. The zero-order valence-corrected chi connectivity index (χ0v) is 57.1. The molecular formula is C75H94O21. The van der Waals surface area contributed by atoms with Crippen molar-refractivity contribution in [3.8, 4) is 0 Å². The van der Waals surface area contributed by atoms with Gasteiger partial charge in [-0.1, -0.05) is 78.8 Å². The molecule has 0 spiro atoms. The molecule has 9 fully saturated rings. The molecule has 520 valence electrons. The zero-order chi connectivity index (χ0) is 68.9. The van der Waals surface area contributed by atoms with E-state index in [4.69, 9.17) is 55.9 Å². The van der Waals surface area contributed by atoms with Crippen LogP contribution in [0.5, 0.6) is 0 Å². The monoisotopic (exact) mass is 1330 g/mol. The van der Waals surface area contributed by atoms with Crippen molar-refractivity contribution in [1.82, 2.24) is 0 Å². The number of ketones is 3. The summed E-state index contributed by atoms with van der Waals surface area (Å²) in [5.74, 6) is -5.98. The van der Waals surface area contributed by atoms with E-state index in [0.717, 1.165) is 28.7 Å². The van der Waals surface area contributed by atoms with E-state index < -0.39 is 111 Å². The Balaban J connectivity index is 0.000000147. The second-order valence-corrected chi connectivity index (χ2v) is 29.9. The number of hydrogen-bond acceptors (Lipinski definition) is 21. The van der Waals surface area contributed by atoms with Gasteiger partial charge in [-0.3, -0.25) is 43.2 Å². The maximum Gasteiger partial charge on any atom is 0.310 e. The molecule has 0 amide bonds. The molecule has 6 saturated carbocycles. The Morgan fingerprint density at radius 1 is 0.448 bits per heavy atom. The summed E-state index contributed by atoms with van der Waals surface area (Å²) >= 11 is 0. The van der Waals surface area contributed by atoms with Crippen LogP contribution in [0.1, 0.15) is 179 Å². The molecule has 13 rings (SSSR count). The van der Waals surface area contributed by atoms with Gasteiger partial charge in [0, 0.05) is 47.7 Å². The zero-order valence-electron chi connectivity index (χ0n) is 57.1. The topological polar surface area (TPSA) is 276 Å². The molecule has 96 heavy (non-hydrogen) atoms. The normalized spacial score (nSPS) is 39.0. The summed E-state index contributed by atoms with van der Waals surface area (Å²) in [5.41, 5.74) is -0.529. The lowest BCUT2D eigenvalue weighted by Crippen LogP contribution is -2.64. The molecule has 4 aromatic rings. The van der Waals surface area contributed by atoms with Crippen LogP contribution in [0.2, 0.25) is 0 Å². The van der Waals surface area contributed by atoms with Crippen LogP contribution in [-0.4, -0.2) is 106 Å². The number of esters is 6. The summed E-state index contributed by atoms with van der Waals surface area (Å²) < 4.78 is 66.3. The van der Waals surface area contributed by atoms with Gasteiger partial charge in [0.1, 0.15) is 36.6 Å². The minimum atomic E-state index is -0.752. The highest BCUT2D eigenvalue weighted by atomic mass is 16.6. The average Bonchev–Trinajstić information content (AvgIpc) is 0.879. The van der Waals surface area contributed by atoms with Crippen LogP contribution in [-0.2, 0) is 92.4 Å². The molecule has 3 aliphatic heterocycles. The predicted octanol–water partition coefficient (Wildman–Crippen LogP) is 12.0. The first-order valence-corrected chi connectivity index (χ1v) is 34.2. The number of hydrogen-bond donors (Lipinski definition) is 0. The van der Waals surface area contributed by atoms with E-state index in [1.807, 2.05) is 85.7 Å². The van der Waals surface area contributed by atoms with E-state index in [-0.39, 0.29) is 78.0 Å². The number of cyclic esters (lactones) is 3. The van der Waals surface area contributed by atoms with Gasteiger partial charge in [-0.15, -0.1) is 0 Å². The summed E-state index contributed by atoms with van der Waals surface area (Å²) in [6, 6.07) is 15.0. The third-order valence-electron chi connectivity index (χ3n) is 24.7. The van der Waals surface area contributed by atoms with E-state index in [1.165, 1.54) is 21.3 Å². The molecule has 21 nitrogen and oxygen atoms in total. The molecule has 1 aromatic carbocycles. The summed E-state index contributed by atoms with van der Waals surface area (Å²) in [6.07, 6.45) is 12.5. The molecule has 21 atom stereocenters. The summed E-state index contributed by atoms with van der Waals surface area (Å²) in [5, 5.41) is 0. The van der Waals surface area contributed by atoms with E-state index in [0.29, 0.717) is 83.8 Å². The second kappa shape index (κ2) is 27.6. The average molecular weight is 1330 g/mol. The first kappa shape index (κ1) is 70.1. The number of furan rings is 3. The van der Waals surface area contributed by atoms with Gasteiger partial charge in [0.05, 0.1) is 101 Å². The Kier molecular flexibility index (Phi) is 20.1. The van der Waals surface area contributed by atoms with Gasteiger partial charge in [0.2, 0.25) is 0 Å². The van der Waals surface area contributed by atoms with Gasteiger partial charge < -0.3 is 55.9 Å².